The van der Waals surface area contributed by atoms with Gasteiger partial charge in [-0.05, 0) is 24.1 Å². The predicted octanol–water partition coefficient (Wildman–Crippen LogP) is 1.24. The van der Waals surface area contributed by atoms with E-state index in [1.165, 1.54) is 5.56 Å². The Morgan fingerprint density at radius 1 is 1.41 bits per heavy atom. The number of rotatable bonds is 2. The molecule has 1 unspecified atom stereocenters. The predicted molar refractivity (Wildman–Crippen MR) is 67.1 cm³/mol. The van der Waals surface area contributed by atoms with E-state index in [4.69, 9.17) is 4.42 Å². The summed E-state index contributed by atoms with van der Waals surface area (Å²) in [7, 11) is 0. The third kappa shape index (κ3) is 2.33. The maximum atomic E-state index is 5.47. The van der Waals surface area contributed by atoms with E-state index in [9.17, 15) is 0 Å². The Morgan fingerprint density at radius 3 is 3.18 bits per heavy atom. The largest absolute Gasteiger partial charge is 0.441 e. The Balaban J connectivity index is 1.79. The Morgan fingerprint density at radius 2 is 2.35 bits per heavy atom. The van der Waals surface area contributed by atoms with Gasteiger partial charge in [0.15, 0.2) is 11.5 Å². The summed E-state index contributed by atoms with van der Waals surface area (Å²) in [6.07, 6.45) is 1.04. The first-order chi connectivity index (χ1) is 8.31. The Labute approximate surface area is 100 Å². The minimum absolute atomic E-state index is 0.522. The summed E-state index contributed by atoms with van der Waals surface area (Å²) >= 11 is 0. The van der Waals surface area contributed by atoms with E-state index in [-0.39, 0.29) is 0 Å². The fourth-order valence-corrected chi connectivity index (χ4v) is 2.36. The lowest BCUT2D eigenvalue weighted by Gasteiger charge is -2.24. The van der Waals surface area contributed by atoms with Gasteiger partial charge in [0.1, 0.15) is 5.52 Å². The zero-order valence-electron chi connectivity index (χ0n) is 9.99. The maximum Gasteiger partial charge on any atom is 0.192 e. The lowest BCUT2D eigenvalue weighted by Crippen LogP contribution is -2.49. The fourth-order valence-electron chi connectivity index (χ4n) is 2.36. The van der Waals surface area contributed by atoms with Crippen molar-refractivity contribution in [3.63, 3.8) is 0 Å². The van der Waals surface area contributed by atoms with Gasteiger partial charge >= 0.3 is 0 Å². The van der Waals surface area contributed by atoms with Crippen molar-refractivity contribution in [2.75, 3.05) is 19.6 Å². The first-order valence-electron chi connectivity index (χ1n) is 6.11. The summed E-state index contributed by atoms with van der Waals surface area (Å²) < 4.78 is 5.47. The summed E-state index contributed by atoms with van der Waals surface area (Å²) in [5.74, 6) is 0.731. The first-order valence-corrected chi connectivity index (χ1v) is 6.11. The van der Waals surface area contributed by atoms with Crippen molar-refractivity contribution in [1.29, 1.82) is 0 Å². The normalized spacial score (nSPS) is 20.9. The van der Waals surface area contributed by atoms with Crippen LogP contribution < -0.4 is 10.6 Å². The second-order valence-electron chi connectivity index (χ2n) is 4.59. The van der Waals surface area contributed by atoms with Gasteiger partial charge in [0, 0.05) is 32.6 Å². The number of hydrogen-bond donors (Lipinski definition) is 2. The molecule has 0 bridgehead atoms. The molecular formula is C13H17N3O. The molecule has 3 rings (SSSR count). The molecule has 0 amide bonds. The molecule has 0 aliphatic carbocycles. The average molecular weight is 231 g/mol. The molecule has 4 nitrogen and oxygen atoms in total. The Bertz CT molecular complexity index is 514. The summed E-state index contributed by atoms with van der Waals surface area (Å²) in [6.45, 7) is 5.04. The van der Waals surface area contributed by atoms with E-state index < -0.39 is 0 Å². The minimum Gasteiger partial charge on any atom is -0.441 e. The lowest BCUT2D eigenvalue weighted by atomic mass is 10.0. The molecule has 2 heterocycles. The molecule has 1 fully saturated rings. The second kappa shape index (κ2) is 4.47. The highest BCUT2D eigenvalue weighted by atomic mass is 16.3. The van der Waals surface area contributed by atoms with Crippen molar-refractivity contribution in [1.82, 2.24) is 15.6 Å². The first kappa shape index (κ1) is 10.7. The monoisotopic (exact) mass is 231 g/mol. The molecule has 0 spiro atoms. The van der Waals surface area contributed by atoms with Gasteiger partial charge in [0.05, 0.1) is 0 Å². The zero-order chi connectivity index (χ0) is 11.7. The van der Waals surface area contributed by atoms with Gasteiger partial charge in [-0.3, -0.25) is 0 Å². The summed E-state index contributed by atoms with van der Waals surface area (Å²) in [5, 5.41) is 6.91. The SMILES string of the molecule is Cc1nc2cc(CC3CNCCN3)ccc2o1. The van der Waals surface area contributed by atoms with Crippen LogP contribution in [-0.4, -0.2) is 30.7 Å². The van der Waals surface area contributed by atoms with Gasteiger partial charge in [-0.15, -0.1) is 0 Å². The summed E-state index contributed by atoms with van der Waals surface area (Å²) in [6, 6.07) is 6.79. The van der Waals surface area contributed by atoms with Gasteiger partial charge in [-0.1, -0.05) is 6.07 Å². The van der Waals surface area contributed by atoms with Crippen LogP contribution in [-0.2, 0) is 6.42 Å². The number of piperazine rings is 1. The van der Waals surface area contributed by atoms with Crippen molar-refractivity contribution in [3.8, 4) is 0 Å². The molecule has 2 N–H and O–H groups in total. The highest BCUT2D eigenvalue weighted by Gasteiger charge is 2.13. The molecule has 0 saturated carbocycles. The number of oxazole rings is 1. The molecule has 2 aromatic rings. The van der Waals surface area contributed by atoms with Crippen LogP contribution in [0.4, 0.5) is 0 Å². The van der Waals surface area contributed by atoms with Gasteiger partial charge in [-0.2, -0.15) is 0 Å². The fraction of sp³-hybridized carbons (Fsp3) is 0.462. The van der Waals surface area contributed by atoms with Crippen LogP contribution in [0.2, 0.25) is 0 Å². The van der Waals surface area contributed by atoms with Crippen molar-refractivity contribution in [2.24, 2.45) is 0 Å². The quantitative estimate of drug-likeness (QED) is 0.816. The number of aromatic nitrogens is 1. The van der Waals surface area contributed by atoms with Gasteiger partial charge < -0.3 is 15.1 Å². The number of fused-ring (bicyclic) bond motifs is 1. The molecule has 17 heavy (non-hydrogen) atoms. The van der Waals surface area contributed by atoms with Crippen LogP contribution in [0.1, 0.15) is 11.5 Å². The van der Waals surface area contributed by atoms with Crippen LogP contribution in [0.25, 0.3) is 11.1 Å². The van der Waals surface area contributed by atoms with Crippen molar-refractivity contribution in [2.45, 2.75) is 19.4 Å². The van der Waals surface area contributed by atoms with Gasteiger partial charge in [0.2, 0.25) is 0 Å². The highest BCUT2D eigenvalue weighted by Crippen LogP contribution is 2.17. The molecule has 1 aromatic heterocycles. The summed E-state index contributed by atoms with van der Waals surface area (Å²) in [5.41, 5.74) is 3.15. The van der Waals surface area contributed by atoms with Gasteiger partial charge in [-0.25, -0.2) is 4.98 Å². The molecule has 1 atom stereocenters. The highest BCUT2D eigenvalue weighted by molar-refractivity contribution is 5.73. The number of nitrogens with zero attached hydrogens (tertiary/aromatic N) is 1. The Hall–Kier alpha value is -1.39. The molecule has 1 saturated heterocycles. The molecule has 1 aromatic carbocycles. The van der Waals surface area contributed by atoms with E-state index in [2.05, 4.69) is 27.8 Å². The second-order valence-corrected chi connectivity index (χ2v) is 4.59. The smallest absolute Gasteiger partial charge is 0.192 e. The third-order valence-corrected chi connectivity index (χ3v) is 3.17. The zero-order valence-corrected chi connectivity index (χ0v) is 9.99. The van der Waals surface area contributed by atoms with Crippen LogP contribution in [0.15, 0.2) is 22.6 Å². The summed E-state index contributed by atoms with van der Waals surface area (Å²) in [4.78, 5) is 4.36. The number of aryl methyl sites for hydroxylation is 1. The van der Waals surface area contributed by atoms with Crippen molar-refractivity contribution in [3.05, 3.63) is 29.7 Å². The van der Waals surface area contributed by atoms with Crippen molar-refractivity contribution >= 4 is 11.1 Å². The number of nitrogens with one attached hydrogen (secondary N) is 2. The van der Waals surface area contributed by atoms with Gasteiger partial charge in [0.25, 0.3) is 0 Å². The third-order valence-electron chi connectivity index (χ3n) is 3.17. The van der Waals surface area contributed by atoms with E-state index in [1.807, 2.05) is 13.0 Å². The maximum absolute atomic E-state index is 5.47. The molecular weight excluding hydrogens is 214 g/mol. The van der Waals surface area contributed by atoms with E-state index >= 15 is 0 Å². The minimum atomic E-state index is 0.522. The molecule has 0 radical (unpaired) electrons. The number of benzene rings is 1. The molecule has 1 aliphatic heterocycles. The average Bonchev–Trinajstić information content (AvgIpc) is 2.70. The number of hydrogen-bond acceptors (Lipinski definition) is 4. The molecule has 90 valence electrons. The molecule has 4 heteroatoms. The lowest BCUT2D eigenvalue weighted by molar-refractivity contribution is 0.417. The van der Waals surface area contributed by atoms with Crippen LogP contribution >= 0.6 is 0 Å². The standard InChI is InChI=1S/C13H17N3O/c1-9-16-12-7-10(2-3-13(12)17-9)6-11-8-14-4-5-15-11/h2-3,7,11,14-15H,4-6,8H2,1H3. The van der Waals surface area contributed by atoms with Crippen LogP contribution in [0, 0.1) is 6.92 Å². The van der Waals surface area contributed by atoms with Crippen LogP contribution in [0.3, 0.4) is 0 Å². The van der Waals surface area contributed by atoms with Crippen molar-refractivity contribution < 1.29 is 4.42 Å². The van der Waals surface area contributed by atoms with E-state index in [0.717, 1.165) is 43.0 Å². The van der Waals surface area contributed by atoms with Crippen LogP contribution in [0.5, 0.6) is 0 Å². The van der Waals surface area contributed by atoms with E-state index in [1.54, 1.807) is 0 Å². The molecule has 1 aliphatic rings. The Kier molecular flexibility index (Phi) is 2.82. The van der Waals surface area contributed by atoms with E-state index in [0.29, 0.717) is 6.04 Å². The topological polar surface area (TPSA) is 50.1 Å².